The van der Waals surface area contributed by atoms with E-state index in [0.717, 1.165) is 36.2 Å². The fourth-order valence-electron chi connectivity index (χ4n) is 3.09. The predicted molar refractivity (Wildman–Crippen MR) is 96.3 cm³/mol. The van der Waals surface area contributed by atoms with Crippen LogP contribution in [0.25, 0.3) is 5.65 Å². The van der Waals surface area contributed by atoms with Gasteiger partial charge >= 0.3 is 0 Å². The lowest BCUT2D eigenvalue weighted by molar-refractivity contribution is 0.0718. The highest BCUT2D eigenvalue weighted by Gasteiger charge is 2.24. The van der Waals surface area contributed by atoms with Gasteiger partial charge < -0.3 is 4.90 Å². The van der Waals surface area contributed by atoms with E-state index in [1.165, 1.54) is 0 Å². The second-order valence-electron chi connectivity index (χ2n) is 6.22. The minimum atomic E-state index is -0.0487. The average Bonchev–Trinajstić information content (AvgIpc) is 3.12. The molecule has 0 aliphatic heterocycles. The maximum Gasteiger partial charge on any atom is 0.257 e. The Bertz CT molecular complexity index is 859. The Morgan fingerprint density at radius 3 is 2.84 bits per heavy atom. The van der Waals surface area contributed by atoms with E-state index in [1.54, 1.807) is 28.0 Å². The summed E-state index contributed by atoms with van der Waals surface area (Å²) in [7, 11) is 1.85. The van der Waals surface area contributed by atoms with Crippen LogP contribution in [0, 0.1) is 6.92 Å². The van der Waals surface area contributed by atoms with E-state index >= 15 is 0 Å². The fraction of sp³-hybridized carbons (Fsp3) is 0.368. The molecule has 3 rings (SSSR count). The lowest BCUT2D eigenvalue weighted by Gasteiger charge is -2.29. The standard InChI is InChI=1S/C19H23N5O/c1-4-5-8-17(15-7-6-10-20-12-15)23(3)19(25)16-13-21-18-9-11-22-24(18)14(16)2/h6-7,9-13,17H,4-5,8H2,1-3H3/t17-/m1/s1. The van der Waals surface area contributed by atoms with Crippen molar-refractivity contribution >= 4 is 11.6 Å². The third kappa shape index (κ3) is 3.38. The number of fused-ring (bicyclic) bond motifs is 1. The third-order valence-electron chi connectivity index (χ3n) is 4.57. The summed E-state index contributed by atoms with van der Waals surface area (Å²) in [6.45, 7) is 4.05. The molecule has 6 heteroatoms. The van der Waals surface area contributed by atoms with Crippen molar-refractivity contribution in [2.75, 3.05) is 7.05 Å². The van der Waals surface area contributed by atoms with E-state index in [4.69, 9.17) is 0 Å². The molecule has 0 fully saturated rings. The molecule has 1 atom stereocenters. The summed E-state index contributed by atoms with van der Waals surface area (Å²) in [6.07, 6.45) is 9.96. The topological polar surface area (TPSA) is 63.4 Å². The van der Waals surface area contributed by atoms with Crippen molar-refractivity contribution in [2.45, 2.75) is 39.2 Å². The number of hydrogen-bond donors (Lipinski definition) is 0. The van der Waals surface area contributed by atoms with Gasteiger partial charge in [0.1, 0.15) is 0 Å². The largest absolute Gasteiger partial charge is 0.335 e. The molecule has 0 aliphatic carbocycles. The Kier molecular flexibility index (Phi) is 5.07. The molecule has 3 aromatic heterocycles. The van der Waals surface area contributed by atoms with Crippen LogP contribution >= 0.6 is 0 Å². The van der Waals surface area contributed by atoms with E-state index in [0.29, 0.717) is 5.56 Å². The molecule has 6 nitrogen and oxygen atoms in total. The highest BCUT2D eigenvalue weighted by Crippen LogP contribution is 2.26. The highest BCUT2D eigenvalue weighted by molar-refractivity contribution is 5.95. The van der Waals surface area contributed by atoms with E-state index < -0.39 is 0 Å². The number of rotatable bonds is 6. The van der Waals surface area contributed by atoms with Crippen LogP contribution in [0.1, 0.15) is 53.8 Å². The van der Waals surface area contributed by atoms with Crippen molar-refractivity contribution in [1.82, 2.24) is 24.5 Å². The lowest BCUT2D eigenvalue weighted by Crippen LogP contribution is -2.32. The molecule has 0 spiro atoms. The van der Waals surface area contributed by atoms with Gasteiger partial charge in [0.2, 0.25) is 0 Å². The van der Waals surface area contributed by atoms with Gasteiger partial charge in [-0.3, -0.25) is 9.78 Å². The molecular weight excluding hydrogens is 314 g/mol. The first kappa shape index (κ1) is 17.1. The molecule has 0 aliphatic rings. The summed E-state index contributed by atoms with van der Waals surface area (Å²) in [6, 6.07) is 5.76. The lowest BCUT2D eigenvalue weighted by atomic mass is 10.0. The summed E-state index contributed by atoms with van der Waals surface area (Å²) in [5, 5.41) is 4.25. The number of nitrogens with zero attached hydrogens (tertiary/aromatic N) is 5. The molecule has 0 unspecified atom stereocenters. The molecular formula is C19H23N5O. The second-order valence-corrected chi connectivity index (χ2v) is 6.22. The Hall–Kier alpha value is -2.76. The van der Waals surface area contributed by atoms with Gasteiger partial charge in [-0.15, -0.1) is 0 Å². The van der Waals surface area contributed by atoms with Gasteiger partial charge in [0.05, 0.1) is 23.5 Å². The maximum absolute atomic E-state index is 13.1. The zero-order chi connectivity index (χ0) is 17.8. The van der Waals surface area contributed by atoms with Crippen LogP contribution in [0.5, 0.6) is 0 Å². The molecule has 0 aromatic carbocycles. The van der Waals surface area contributed by atoms with Crippen LogP contribution in [0.4, 0.5) is 0 Å². The van der Waals surface area contributed by atoms with Gasteiger partial charge in [-0.25, -0.2) is 9.50 Å². The molecule has 0 saturated carbocycles. The Morgan fingerprint density at radius 1 is 1.28 bits per heavy atom. The van der Waals surface area contributed by atoms with Crippen LogP contribution in [0.15, 0.2) is 43.0 Å². The molecule has 25 heavy (non-hydrogen) atoms. The number of unbranched alkanes of at least 4 members (excludes halogenated alkanes) is 1. The summed E-state index contributed by atoms with van der Waals surface area (Å²) in [4.78, 5) is 23.5. The van der Waals surface area contributed by atoms with Crippen molar-refractivity contribution in [3.8, 4) is 0 Å². The van der Waals surface area contributed by atoms with Crippen LogP contribution in [0.3, 0.4) is 0 Å². The van der Waals surface area contributed by atoms with Crippen molar-refractivity contribution < 1.29 is 4.79 Å². The van der Waals surface area contributed by atoms with Crippen molar-refractivity contribution in [2.24, 2.45) is 0 Å². The Morgan fingerprint density at radius 2 is 2.12 bits per heavy atom. The molecule has 3 aromatic rings. The first-order valence-electron chi connectivity index (χ1n) is 8.60. The summed E-state index contributed by atoms with van der Waals surface area (Å²) < 4.78 is 1.70. The monoisotopic (exact) mass is 337 g/mol. The first-order chi connectivity index (χ1) is 12.1. The molecule has 1 amide bonds. The Labute approximate surface area is 147 Å². The fourth-order valence-corrected chi connectivity index (χ4v) is 3.09. The molecule has 0 N–H and O–H groups in total. The van der Waals surface area contributed by atoms with Crippen LogP contribution < -0.4 is 0 Å². The van der Waals surface area contributed by atoms with Gasteiger partial charge in [0.15, 0.2) is 5.65 Å². The average molecular weight is 337 g/mol. The number of aromatic nitrogens is 4. The van der Waals surface area contributed by atoms with Gasteiger partial charge in [-0.1, -0.05) is 25.8 Å². The molecule has 0 saturated heterocycles. The zero-order valence-electron chi connectivity index (χ0n) is 14.9. The van der Waals surface area contributed by atoms with Crippen molar-refractivity contribution in [3.63, 3.8) is 0 Å². The summed E-state index contributed by atoms with van der Waals surface area (Å²) >= 11 is 0. The first-order valence-corrected chi connectivity index (χ1v) is 8.60. The normalized spacial score (nSPS) is 12.3. The number of amides is 1. The maximum atomic E-state index is 13.1. The SMILES string of the molecule is CCCC[C@H](c1cccnc1)N(C)C(=O)c1cnc2ccnn2c1C. The van der Waals surface area contributed by atoms with Gasteiger partial charge in [0.25, 0.3) is 5.91 Å². The minimum Gasteiger partial charge on any atom is -0.335 e. The summed E-state index contributed by atoms with van der Waals surface area (Å²) in [5.41, 5.74) is 3.17. The van der Waals surface area contributed by atoms with E-state index in [2.05, 4.69) is 22.0 Å². The molecule has 0 radical (unpaired) electrons. The van der Waals surface area contributed by atoms with Crippen LogP contribution in [-0.2, 0) is 0 Å². The third-order valence-corrected chi connectivity index (χ3v) is 4.57. The minimum absolute atomic E-state index is 0.00568. The zero-order valence-corrected chi connectivity index (χ0v) is 14.9. The quantitative estimate of drug-likeness (QED) is 0.691. The predicted octanol–water partition coefficient (Wildman–Crippen LogP) is 3.44. The number of carbonyl (C=O) groups is 1. The number of carbonyl (C=O) groups excluding carboxylic acids is 1. The van der Waals surface area contributed by atoms with Crippen molar-refractivity contribution in [3.05, 3.63) is 59.8 Å². The van der Waals surface area contributed by atoms with Gasteiger partial charge in [-0.05, 0) is 25.0 Å². The molecule has 0 bridgehead atoms. The molecule has 130 valence electrons. The smallest absolute Gasteiger partial charge is 0.257 e. The molecule has 3 heterocycles. The van der Waals surface area contributed by atoms with Gasteiger partial charge in [0, 0.05) is 31.7 Å². The highest BCUT2D eigenvalue weighted by atomic mass is 16.2. The number of aryl methyl sites for hydroxylation is 1. The van der Waals surface area contributed by atoms with Crippen LogP contribution in [-0.4, -0.2) is 37.4 Å². The van der Waals surface area contributed by atoms with Crippen molar-refractivity contribution in [1.29, 1.82) is 0 Å². The van der Waals surface area contributed by atoms with E-state index in [-0.39, 0.29) is 11.9 Å². The summed E-state index contributed by atoms with van der Waals surface area (Å²) in [5.74, 6) is -0.0487. The van der Waals surface area contributed by atoms with E-state index in [1.807, 2.05) is 38.4 Å². The number of pyridine rings is 1. The van der Waals surface area contributed by atoms with Gasteiger partial charge in [-0.2, -0.15) is 5.10 Å². The second kappa shape index (κ2) is 7.42. The Balaban J connectivity index is 1.93. The van der Waals surface area contributed by atoms with Crippen LogP contribution in [0.2, 0.25) is 0 Å². The van der Waals surface area contributed by atoms with E-state index in [9.17, 15) is 4.79 Å². The number of hydrogen-bond acceptors (Lipinski definition) is 4.